The largest absolute Gasteiger partial charge is 0.433 e. The van der Waals surface area contributed by atoms with Crippen LogP contribution in [0.5, 0.6) is 5.75 Å². The van der Waals surface area contributed by atoms with Crippen LogP contribution in [-0.2, 0) is 0 Å². The molecule has 0 spiro atoms. The molecule has 18 heavy (non-hydrogen) atoms. The maximum absolute atomic E-state index is 12.1. The second-order valence-electron chi connectivity index (χ2n) is 3.56. The quantitative estimate of drug-likeness (QED) is 0.756. The highest BCUT2D eigenvalue weighted by molar-refractivity contribution is 5.91. The van der Waals surface area contributed by atoms with Crippen molar-refractivity contribution in [2.24, 2.45) is 0 Å². The normalized spacial score (nSPS) is 12.1. The first-order valence-corrected chi connectivity index (χ1v) is 5.25. The molecule has 1 aromatic rings. The summed E-state index contributed by atoms with van der Waals surface area (Å²) in [6.45, 7) is -1.59. The first-order chi connectivity index (χ1) is 8.52. The number of carbonyl (C=O) groups excluding carboxylic acids is 1. The Hall–Kier alpha value is -1.89. The minimum atomic E-state index is -2.97. The maximum atomic E-state index is 12.1. The van der Waals surface area contributed by atoms with Crippen LogP contribution in [0.3, 0.4) is 0 Å². The summed E-state index contributed by atoms with van der Waals surface area (Å²) in [5.74, 6) is -0.126. The number of hydrogen-bond donors (Lipinski definition) is 3. The lowest BCUT2D eigenvalue weighted by atomic mass is 10.3. The van der Waals surface area contributed by atoms with E-state index in [0.29, 0.717) is 0 Å². The minimum Gasteiger partial charge on any atom is -0.433 e. The maximum Gasteiger partial charge on any atom is 0.387 e. The third kappa shape index (κ3) is 4.54. The van der Waals surface area contributed by atoms with Crippen molar-refractivity contribution in [1.82, 2.24) is 5.32 Å². The highest BCUT2D eigenvalue weighted by Crippen LogP contribution is 2.25. The number of nitrogens with one attached hydrogen (secondary N) is 2. The van der Waals surface area contributed by atoms with Crippen LogP contribution in [0.1, 0.15) is 6.92 Å². The number of ether oxygens (including phenoxy) is 1. The van der Waals surface area contributed by atoms with Crippen molar-refractivity contribution >= 4 is 11.7 Å². The SMILES string of the molecule is CC(CO)NC(=O)Nc1ccccc1OC(F)F. The van der Waals surface area contributed by atoms with Crippen LogP contribution in [0, 0.1) is 0 Å². The summed E-state index contributed by atoms with van der Waals surface area (Å²) in [6, 6.07) is 4.79. The molecule has 1 unspecified atom stereocenters. The smallest absolute Gasteiger partial charge is 0.387 e. The lowest BCUT2D eigenvalue weighted by Gasteiger charge is -2.14. The van der Waals surface area contributed by atoms with Crippen LogP contribution in [-0.4, -0.2) is 30.4 Å². The van der Waals surface area contributed by atoms with Gasteiger partial charge in [0, 0.05) is 0 Å². The average Bonchev–Trinajstić information content (AvgIpc) is 2.30. The number of halogens is 2. The molecule has 0 saturated carbocycles. The molecule has 100 valence electrons. The molecule has 0 radical (unpaired) electrons. The van der Waals surface area contributed by atoms with E-state index in [0.717, 1.165) is 0 Å². The van der Waals surface area contributed by atoms with Crippen LogP contribution in [0.25, 0.3) is 0 Å². The summed E-state index contributed by atoms with van der Waals surface area (Å²) in [5, 5.41) is 13.5. The molecule has 1 atom stereocenters. The zero-order valence-electron chi connectivity index (χ0n) is 9.69. The molecular weight excluding hydrogens is 246 g/mol. The fourth-order valence-corrected chi connectivity index (χ4v) is 1.20. The Balaban J connectivity index is 2.68. The lowest BCUT2D eigenvalue weighted by Crippen LogP contribution is -2.38. The number of anilines is 1. The number of benzene rings is 1. The summed E-state index contributed by atoms with van der Waals surface area (Å²) in [6.07, 6.45) is 0. The van der Waals surface area contributed by atoms with Gasteiger partial charge in [-0.15, -0.1) is 0 Å². The molecule has 0 saturated heterocycles. The van der Waals surface area contributed by atoms with Gasteiger partial charge in [-0.05, 0) is 19.1 Å². The summed E-state index contributed by atoms with van der Waals surface area (Å²) in [4.78, 5) is 11.4. The number of aliphatic hydroxyl groups is 1. The van der Waals surface area contributed by atoms with Gasteiger partial charge in [0.2, 0.25) is 0 Å². The van der Waals surface area contributed by atoms with Gasteiger partial charge in [0.15, 0.2) is 0 Å². The summed E-state index contributed by atoms with van der Waals surface area (Å²) >= 11 is 0. The predicted molar refractivity (Wildman–Crippen MR) is 61.8 cm³/mol. The van der Waals surface area contributed by atoms with Crippen LogP contribution in [0.2, 0.25) is 0 Å². The molecule has 2 amide bonds. The first kappa shape index (κ1) is 14.2. The molecule has 3 N–H and O–H groups in total. The van der Waals surface area contributed by atoms with Crippen molar-refractivity contribution in [2.45, 2.75) is 19.6 Å². The number of rotatable bonds is 5. The van der Waals surface area contributed by atoms with E-state index in [2.05, 4.69) is 15.4 Å². The molecule has 0 bridgehead atoms. The molecule has 1 rings (SSSR count). The van der Waals surface area contributed by atoms with Crippen LogP contribution >= 0.6 is 0 Å². The van der Waals surface area contributed by atoms with Gasteiger partial charge in [-0.3, -0.25) is 0 Å². The van der Waals surface area contributed by atoms with Crippen molar-refractivity contribution in [3.63, 3.8) is 0 Å². The number of hydrogen-bond acceptors (Lipinski definition) is 3. The summed E-state index contributed by atoms with van der Waals surface area (Å²) < 4.78 is 28.5. The number of para-hydroxylation sites is 2. The zero-order valence-corrected chi connectivity index (χ0v) is 9.69. The van der Waals surface area contributed by atoms with Crippen molar-refractivity contribution < 1.29 is 23.4 Å². The molecule has 0 aliphatic carbocycles. The van der Waals surface area contributed by atoms with E-state index in [-0.39, 0.29) is 18.0 Å². The molecule has 0 heterocycles. The Morgan fingerprint density at radius 3 is 2.72 bits per heavy atom. The minimum absolute atomic E-state index is 0.125. The second kappa shape index (κ2) is 6.75. The first-order valence-electron chi connectivity index (χ1n) is 5.25. The molecule has 0 aliphatic rings. The number of alkyl halides is 2. The van der Waals surface area contributed by atoms with Crippen molar-refractivity contribution in [3.8, 4) is 5.75 Å². The van der Waals surface area contributed by atoms with Gasteiger partial charge in [-0.25, -0.2) is 4.79 Å². The molecular formula is C11H14F2N2O3. The topological polar surface area (TPSA) is 70.6 Å². The van der Waals surface area contributed by atoms with Gasteiger partial charge in [-0.2, -0.15) is 8.78 Å². The van der Waals surface area contributed by atoms with Crippen molar-refractivity contribution in [2.75, 3.05) is 11.9 Å². The Bertz CT molecular complexity index is 402. The van der Waals surface area contributed by atoms with E-state index in [9.17, 15) is 13.6 Å². The molecule has 7 heteroatoms. The number of urea groups is 1. The van der Waals surface area contributed by atoms with Crippen LogP contribution in [0.15, 0.2) is 24.3 Å². The van der Waals surface area contributed by atoms with Gasteiger partial charge in [-0.1, -0.05) is 12.1 Å². The van der Waals surface area contributed by atoms with E-state index >= 15 is 0 Å². The van der Waals surface area contributed by atoms with Crippen LogP contribution in [0.4, 0.5) is 19.3 Å². The number of aliphatic hydroxyl groups excluding tert-OH is 1. The fourth-order valence-electron chi connectivity index (χ4n) is 1.20. The predicted octanol–water partition coefficient (Wildman–Crippen LogP) is 1.79. The third-order valence-corrected chi connectivity index (χ3v) is 2.00. The van der Waals surface area contributed by atoms with E-state index in [1.54, 1.807) is 13.0 Å². The van der Waals surface area contributed by atoms with Gasteiger partial charge in [0.1, 0.15) is 5.75 Å². The molecule has 0 fully saturated rings. The highest BCUT2D eigenvalue weighted by atomic mass is 19.3. The van der Waals surface area contributed by atoms with E-state index in [1.807, 2.05) is 0 Å². The Morgan fingerprint density at radius 2 is 2.11 bits per heavy atom. The average molecular weight is 260 g/mol. The summed E-state index contributed by atoms with van der Waals surface area (Å²) in [7, 11) is 0. The fraction of sp³-hybridized carbons (Fsp3) is 0.364. The van der Waals surface area contributed by atoms with Crippen LogP contribution < -0.4 is 15.4 Å². The molecule has 0 aliphatic heterocycles. The van der Waals surface area contributed by atoms with Gasteiger partial charge >= 0.3 is 12.6 Å². The standard InChI is InChI=1S/C11H14F2N2O3/c1-7(6-16)14-11(17)15-8-4-2-3-5-9(8)18-10(12)13/h2-5,7,10,16H,6H2,1H3,(H2,14,15,17). The Labute approximate surface area is 103 Å². The third-order valence-electron chi connectivity index (χ3n) is 2.00. The summed E-state index contributed by atoms with van der Waals surface area (Å²) in [5.41, 5.74) is 0.125. The highest BCUT2D eigenvalue weighted by Gasteiger charge is 2.12. The van der Waals surface area contributed by atoms with Crippen molar-refractivity contribution in [3.05, 3.63) is 24.3 Å². The van der Waals surface area contributed by atoms with Gasteiger partial charge < -0.3 is 20.5 Å². The van der Waals surface area contributed by atoms with Crippen molar-refractivity contribution in [1.29, 1.82) is 0 Å². The molecule has 5 nitrogen and oxygen atoms in total. The second-order valence-corrected chi connectivity index (χ2v) is 3.56. The molecule has 0 aromatic heterocycles. The zero-order chi connectivity index (χ0) is 13.5. The monoisotopic (exact) mass is 260 g/mol. The Kier molecular flexibility index (Phi) is 5.31. The lowest BCUT2D eigenvalue weighted by molar-refractivity contribution is -0.0493. The van der Waals surface area contributed by atoms with Gasteiger partial charge in [0.25, 0.3) is 0 Å². The number of carbonyl (C=O) groups is 1. The number of amides is 2. The van der Waals surface area contributed by atoms with E-state index in [1.165, 1.54) is 18.2 Å². The van der Waals surface area contributed by atoms with E-state index in [4.69, 9.17) is 5.11 Å². The van der Waals surface area contributed by atoms with Gasteiger partial charge in [0.05, 0.1) is 18.3 Å². The Morgan fingerprint density at radius 1 is 1.44 bits per heavy atom. The van der Waals surface area contributed by atoms with E-state index < -0.39 is 18.7 Å². The molecule has 1 aromatic carbocycles.